The summed E-state index contributed by atoms with van der Waals surface area (Å²) in [6.45, 7) is 11.6. The molecule has 3 rings (SSSR count). The Morgan fingerprint density at radius 2 is 1.50 bits per heavy atom. The lowest BCUT2D eigenvalue weighted by Gasteiger charge is -2.41. The molecule has 0 bridgehead atoms. The van der Waals surface area contributed by atoms with Crippen molar-refractivity contribution in [1.82, 2.24) is 20.0 Å². The van der Waals surface area contributed by atoms with Gasteiger partial charge < -0.3 is 20.0 Å². The van der Waals surface area contributed by atoms with Crippen molar-refractivity contribution in [2.45, 2.75) is 31.7 Å². The van der Waals surface area contributed by atoms with Crippen LogP contribution in [-0.2, 0) is 0 Å². The molecule has 3 heterocycles. The number of piperazine rings is 1. The monoisotopic (exact) mass is 280 g/mol. The summed E-state index contributed by atoms with van der Waals surface area (Å²) in [6, 6.07) is 0.876. The Hall–Kier alpha value is -0.160. The van der Waals surface area contributed by atoms with E-state index < -0.39 is 0 Å². The predicted molar refractivity (Wildman–Crippen MR) is 84.1 cm³/mol. The van der Waals surface area contributed by atoms with Crippen molar-refractivity contribution in [3.05, 3.63) is 0 Å². The summed E-state index contributed by atoms with van der Waals surface area (Å²) < 4.78 is 0. The van der Waals surface area contributed by atoms with E-state index in [9.17, 15) is 0 Å². The molecule has 0 aromatic carbocycles. The number of likely N-dealkylation sites (N-methyl/N-ethyl adjacent to an activating group) is 1. The first kappa shape index (κ1) is 14.8. The fourth-order valence-corrected chi connectivity index (χ4v) is 4.07. The van der Waals surface area contributed by atoms with Crippen molar-refractivity contribution in [3.63, 3.8) is 0 Å². The highest BCUT2D eigenvalue weighted by Crippen LogP contribution is 2.23. The first-order chi connectivity index (χ1) is 9.81. The summed E-state index contributed by atoms with van der Waals surface area (Å²) >= 11 is 0. The van der Waals surface area contributed by atoms with Crippen molar-refractivity contribution < 1.29 is 0 Å². The van der Waals surface area contributed by atoms with E-state index in [2.05, 4.69) is 27.1 Å². The van der Waals surface area contributed by atoms with Crippen LogP contribution >= 0.6 is 0 Å². The lowest BCUT2D eigenvalue weighted by atomic mass is 9.93. The first-order valence-corrected chi connectivity index (χ1v) is 8.67. The normalized spacial score (nSPS) is 29.9. The van der Waals surface area contributed by atoms with Crippen LogP contribution in [0.4, 0.5) is 0 Å². The van der Waals surface area contributed by atoms with Gasteiger partial charge in [-0.1, -0.05) is 0 Å². The zero-order chi connectivity index (χ0) is 13.8. The second-order valence-corrected chi connectivity index (χ2v) is 7.06. The minimum atomic E-state index is 0.876. The molecule has 3 fully saturated rings. The van der Waals surface area contributed by atoms with Crippen LogP contribution in [0.5, 0.6) is 0 Å². The molecule has 0 aliphatic carbocycles. The summed E-state index contributed by atoms with van der Waals surface area (Å²) in [6.07, 6.45) is 5.58. The van der Waals surface area contributed by atoms with Gasteiger partial charge in [-0.3, -0.25) is 0 Å². The van der Waals surface area contributed by atoms with Crippen LogP contribution in [0.15, 0.2) is 0 Å². The molecule has 3 saturated heterocycles. The highest BCUT2D eigenvalue weighted by Gasteiger charge is 2.27. The molecule has 0 aromatic rings. The zero-order valence-corrected chi connectivity index (χ0v) is 13.2. The van der Waals surface area contributed by atoms with E-state index in [1.165, 1.54) is 84.6 Å². The molecule has 0 aromatic heterocycles. The van der Waals surface area contributed by atoms with Gasteiger partial charge in [0.15, 0.2) is 0 Å². The van der Waals surface area contributed by atoms with Crippen LogP contribution in [0.3, 0.4) is 0 Å². The first-order valence-electron chi connectivity index (χ1n) is 8.67. The number of nitrogens with one attached hydrogen (secondary N) is 1. The molecule has 0 radical (unpaired) electrons. The van der Waals surface area contributed by atoms with Crippen LogP contribution in [-0.4, -0.2) is 86.7 Å². The third kappa shape index (κ3) is 3.94. The fraction of sp³-hybridized carbons (Fsp3) is 1.00. The Labute approximate surface area is 124 Å². The Kier molecular flexibility index (Phi) is 5.32. The maximum atomic E-state index is 3.48. The van der Waals surface area contributed by atoms with E-state index in [0.29, 0.717) is 0 Å². The summed E-state index contributed by atoms with van der Waals surface area (Å²) in [7, 11) is 2.24. The predicted octanol–water partition coefficient (Wildman–Crippen LogP) is 0.698. The molecular weight excluding hydrogens is 248 g/mol. The van der Waals surface area contributed by atoms with Gasteiger partial charge in [0.05, 0.1) is 0 Å². The molecule has 3 aliphatic heterocycles. The molecule has 116 valence electrons. The van der Waals surface area contributed by atoms with Crippen LogP contribution in [0.1, 0.15) is 25.7 Å². The number of likely N-dealkylation sites (tertiary alicyclic amines) is 1. The Balaban J connectivity index is 1.37. The number of hydrogen-bond donors (Lipinski definition) is 1. The van der Waals surface area contributed by atoms with E-state index >= 15 is 0 Å². The van der Waals surface area contributed by atoms with E-state index in [1.807, 2.05) is 0 Å². The third-order valence-corrected chi connectivity index (χ3v) is 5.59. The SMILES string of the molecule is CN1CCN(CC2CCN(C3CCNCC3)CC2)CC1. The van der Waals surface area contributed by atoms with Gasteiger partial charge in [0.25, 0.3) is 0 Å². The van der Waals surface area contributed by atoms with Gasteiger partial charge in [-0.15, -0.1) is 0 Å². The van der Waals surface area contributed by atoms with Crippen molar-refractivity contribution >= 4 is 0 Å². The van der Waals surface area contributed by atoms with Crippen molar-refractivity contribution in [2.24, 2.45) is 5.92 Å². The van der Waals surface area contributed by atoms with Gasteiger partial charge in [-0.25, -0.2) is 0 Å². The Morgan fingerprint density at radius 1 is 0.850 bits per heavy atom. The smallest absolute Gasteiger partial charge is 0.0119 e. The van der Waals surface area contributed by atoms with Gasteiger partial charge in [-0.2, -0.15) is 0 Å². The topological polar surface area (TPSA) is 21.8 Å². The van der Waals surface area contributed by atoms with Crippen LogP contribution in [0.25, 0.3) is 0 Å². The molecule has 0 spiro atoms. The molecule has 0 unspecified atom stereocenters. The Bertz CT molecular complexity index is 274. The van der Waals surface area contributed by atoms with E-state index in [1.54, 1.807) is 0 Å². The summed E-state index contributed by atoms with van der Waals surface area (Å²) in [5.74, 6) is 0.955. The minimum absolute atomic E-state index is 0.876. The average Bonchev–Trinajstić information content (AvgIpc) is 2.51. The van der Waals surface area contributed by atoms with Gasteiger partial charge in [0.2, 0.25) is 0 Å². The average molecular weight is 280 g/mol. The lowest BCUT2D eigenvalue weighted by Crippen LogP contribution is -2.49. The molecule has 1 N–H and O–H groups in total. The largest absolute Gasteiger partial charge is 0.317 e. The highest BCUT2D eigenvalue weighted by atomic mass is 15.2. The van der Waals surface area contributed by atoms with Crippen LogP contribution in [0, 0.1) is 5.92 Å². The van der Waals surface area contributed by atoms with Gasteiger partial charge in [-0.05, 0) is 64.8 Å². The minimum Gasteiger partial charge on any atom is -0.317 e. The zero-order valence-electron chi connectivity index (χ0n) is 13.2. The van der Waals surface area contributed by atoms with Crippen molar-refractivity contribution in [2.75, 3.05) is 66.0 Å². The number of hydrogen-bond acceptors (Lipinski definition) is 4. The molecule has 4 nitrogen and oxygen atoms in total. The Morgan fingerprint density at radius 3 is 2.15 bits per heavy atom. The quantitative estimate of drug-likeness (QED) is 0.821. The highest BCUT2D eigenvalue weighted by molar-refractivity contribution is 4.83. The van der Waals surface area contributed by atoms with Gasteiger partial charge >= 0.3 is 0 Å². The standard InChI is InChI=1S/C16H32N4/c1-18-10-12-19(13-11-18)14-15-4-8-20(9-5-15)16-2-6-17-7-3-16/h15-17H,2-14H2,1H3. The maximum absolute atomic E-state index is 3.48. The second kappa shape index (κ2) is 7.21. The summed E-state index contributed by atoms with van der Waals surface area (Å²) in [4.78, 5) is 7.93. The van der Waals surface area contributed by atoms with Crippen molar-refractivity contribution in [1.29, 1.82) is 0 Å². The van der Waals surface area contributed by atoms with E-state index in [-0.39, 0.29) is 0 Å². The number of piperidine rings is 2. The van der Waals surface area contributed by atoms with Crippen molar-refractivity contribution in [3.8, 4) is 0 Å². The molecule has 0 amide bonds. The second-order valence-electron chi connectivity index (χ2n) is 7.06. The number of rotatable bonds is 3. The van der Waals surface area contributed by atoms with Crippen LogP contribution < -0.4 is 5.32 Å². The van der Waals surface area contributed by atoms with Crippen LogP contribution in [0.2, 0.25) is 0 Å². The van der Waals surface area contributed by atoms with E-state index in [0.717, 1.165) is 12.0 Å². The summed E-state index contributed by atoms with van der Waals surface area (Å²) in [5.41, 5.74) is 0. The molecule has 0 saturated carbocycles. The molecular formula is C16H32N4. The number of nitrogens with zero attached hydrogens (tertiary/aromatic N) is 3. The fourth-order valence-electron chi connectivity index (χ4n) is 4.07. The van der Waals surface area contributed by atoms with Gasteiger partial charge in [0, 0.05) is 38.8 Å². The molecule has 0 atom stereocenters. The van der Waals surface area contributed by atoms with Gasteiger partial charge in [0.1, 0.15) is 0 Å². The molecule has 4 heteroatoms. The molecule has 20 heavy (non-hydrogen) atoms. The third-order valence-electron chi connectivity index (χ3n) is 5.59. The maximum Gasteiger partial charge on any atom is 0.0119 e. The van der Waals surface area contributed by atoms with E-state index in [4.69, 9.17) is 0 Å². The summed E-state index contributed by atoms with van der Waals surface area (Å²) in [5, 5.41) is 3.48. The molecule has 3 aliphatic rings. The lowest BCUT2D eigenvalue weighted by molar-refractivity contribution is 0.0798.